The lowest BCUT2D eigenvalue weighted by atomic mass is 10.1. The Balaban J connectivity index is 2.64. The summed E-state index contributed by atoms with van der Waals surface area (Å²) in [6.07, 6.45) is 4.29. The monoisotopic (exact) mass is 227 g/mol. The van der Waals surface area contributed by atoms with Crippen molar-refractivity contribution < 1.29 is 9.53 Å². The maximum atomic E-state index is 12.1. The van der Waals surface area contributed by atoms with Crippen LogP contribution < -0.4 is 0 Å². The molecule has 0 aromatic heterocycles. The molecule has 3 heteroatoms. The van der Waals surface area contributed by atoms with Crippen LogP contribution in [0.15, 0.2) is 0 Å². The number of hydrogen-bond acceptors (Lipinski definition) is 2. The number of carbonyl (C=O) groups excluding carboxylic acids is 1. The second-order valence-corrected chi connectivity index (χ2v) is 5.76. The largest absolute Gasteiger partial charge is 0.444 e. The quantitative estimate of drug-likeness (QED) is 0.721. The lowest BCUT2D eigenvalue weighted by Gasteiger charge is -2.31. The number of carbonyl (C=O) groups is 1. The maximum Gasteiger partial charge on any atom is 0.410 e. The molecule has 0 aromatic carbocycles. The van der Waals surface area contributed by atoms with Gasteiger partial charge in [0.1, 0.15) is 5.60 Å². The Hall–Kier alpha value is -0.730. The van der Waals surface area contributed by atoms with Gasteiger partial charge in [-0.2, -0.15) is 0 Å². The predicted molar refractivity (Wildman–Crippen MR) is 65.5 cm³/mol. The third-order valence-electron chi connectivity index (χ3n) is 3.01. The average Bonchev–Trinajstić information content (AvgIpc) is 2.44. The van der Waals surface area contributed by atoms with Crippen LogP contribution in [0.4, 0.5) is 4.79 Å². The van der Waals surface area contributed by atoms with Gasteiger partial charge in [0.25, 0.3) is 0 Å². The molecule has 0 aromatic rings. The van der Waals surface area contributed by atoms with Gasteiger partial charge < -0.3 is 9.64 Å². The number of hydrogen-bond donors (Lipinski definition) is 0. The fourth-order valence-electron chi connectivity index (χ4n) is 2.33. The molecule has 1 aliphatic heterocycles. The Morgan fingerprint density at radius 1 is 1.38 bits per heavy atom. The Morgan fingerprint density at radius 2 is 2.00 bits per heavy atom. The zero-order valence-corrected chi connectivity index (χ0v) is 11.2. The summed E-state index contributed by atoms with van der Waals surface area (Å²) < 4.78 is 5.46. The standard InChI is InChI=1S/C13H25NO2/c1-6-7-11-9-8-10(2)14(11)12(15)16-13(3,4)5/h10-11H,6-9H2,1-5H3/t10-,11-/m1/s1. The van der Waals surface area contributed by atoms with Gasteiger partial charge in [-0.25, -0.2) is 4.79 Å². The van der Waals surface area contributed by atoms with Crippen molar-refractivity contribution in [3.8, 4) is 0 Å². The van der Waals surface area contributed by atoms with E-state index in [4.69, 9.17) is 4.74 Å². The molecule has 0 spiro atoms. The fraction of sp³-hybridized carbons (Fsp3) is 0.923. The van der Waals surface area contributed by atoms with E-state index in [-0.39, 0.29) is 6.09 Å². The number of ether oxygens (including phenoxy) is 1. The second kappa shape index (κ2) is 5.07. The molecule has 0 saturated carbocycles. The van der Waals surface area contributed by atoms with E-state index in [1.54, 1.807) is 0 Å². The molecule has 0 unspecified atom stereocenters. The predicted octanol–water partition coefficient (Wildman–Crippen LogP) is 3.57. The van der Waals surface area contributed by atoms with Gasteiger partial charge in [0.15, 0.2) is 0 Å². The Bertz CT molecular complexity index is 243. The fourth-order valence-corrected chi connectivity index (χ4v) is 2.33. The zero-order valence-electron chi connectivity index (χ0n) is 11.2. The molecule has 94 valence electrons. The van der Waals surface area contributed by atoms with Gasteiger partial charge >= 0.3 is 6.09 Å². The number of likely N-dealkylation sites (tertiary alicyclic amines) is 1. The van der Waals surface area contributed by atoms with Crippen molar-refractivity contribution in [2.45, 2.75) is 78.0 Å². The minimum atomic E-state index is -0.393. The Kier molecular flexibility index (Phi) is 4.22. The summed E-state index contributed by atoms with van der Waals surface area (Å²) in [7, 11) is 0. The molecule has 0 bridgehead atoms. The molecule has 3 nitrogen and oxygen atoms in total. The summed E-state index contributed by atoms with van der Waals surface area (Å²) in [5.74, 6) is 0. The molecule has 16 heavy (non-hydrogen) atoms. The molecule has 1 aliphatic rings. The normalized spacial score (nSPS) is 25.9. The smallest absolute Gasteiger partial charge is 0.410 e. The summed E-state index contributed by atoms with van der Waals surface area (Å²) in [6, 6.07) is 0.709. The first kappa shape index (κ1) is 13.3. The molecule has 0 radical (unpaired) electrons. The first-order valence-electron chi connectivity index (χ1n) is 6.36. The zero-order chi connectivity index (χ0) is 12.3. The SMILES string of the molecule is CCC[C@@H]1CC[C@@H](C)N1C(=O)OC(C)(C)C. The molecule has 1 saturated heterocycles. The molecule has 1 rings (SSSR count). The average molecular weight is 227 g/mol. The number of rotatable bonds is 2. The van der Waals surface area contributed by atoms with E-state index in [1.807, 2.05) is 25.7 Å². The van der Waals surface area contributed by atoms with Crippen molar-refractivity contribution >= 4 is 6.09 Å². The molecular weight excluding hydrogens is 202 g/mol. The highest BCUT2D eigenvalue weighted by molar-refractivity contribution is 5.69. The van der Waals surface area contributed by atoms with Gasteiger partial charge in [0.05, 0.1) is 0 Å². The Labute approximate surface area is 99.1 Å². The molecule has 1 heterocycles. The summed E-state index contributed by atoms with van der Waals surface area (Å²) >= 11 is 0. The van der Waals surface area contributed by atoms with Crippen LogP contribution >= 0.6 is 0 Å². The summed E-state index contributed by atoms with van der Waals surface area (Å²) in [4.78, 5) is 14.0. The van der Waals surface area contributed by atoms with E-state index in [2.05, 4.69) is 13.8 Å². The molecule has 1 fully saturated rings. The highest BCUT2D eigenvalue weighted by Crippen LogP contribution is 2.28. The van der Waals surface area contributed by atoms with Crippen LogP contribution in [0.25, 0.3) is 0 Å². The van der Waals surface area contributed by atoms with Crippen LogP contribution in [-0.4, -0.2) is 28.7 Å². The van der Waals surface area contributed by atoms with Crippen molar-refractivity contribution in [3.05, 3.63) is 0 Å². The van der Waals surface area contributed by atoms with Crippen molar-refractivity contribution in [2.24, 2.45) is 0 Å². The van der Waals surface area contributed by atoms with Crippen LogP contribution in [0.3, 0.4) is 0 Å². The van der Waals surface area contributed by atoms with Crippen molar-refractivity contribution in [1.29, 1.82) is 0 Å². The molecule has 0 N–H and O–H groups in total. The van der Waals surface area contributed by atoms with E-state index in [1.165, 1.54) is 0 Å². The minimum absolute atomic E-state index is 0.143. The van der Waals surface area contributed by atoms with Gasteiger partial charge in [-0.15, -0.1) is 0 Å². The van der Waals surface area contributed by atoms with Crippen LogP contribution in [-0.2, 0) is 4.74 Å². The van der Waals surface area contributed by atoms with Gasteiger partial charge in [-0.3, -0.25) is 0 Å². The molecule has 1 amide bonds. The van der Waals surface area contributed by atoms with E-state index in [0.717, 1.165) is 25.7 Å². The van der Waals surface area contributed by atoms with E-state index >= 15 is 0 Å². The maximum absolute atomic E-state index is 12.1. The van der Waals surface area contributed by atoms with Gasteiger partial charge in [-0.1, -0.05) is 13.3 Å². The van der Waals surface area contributed by atoms with Gasteiger partial charge in [-0.05, 0) is 47.0 Å². The number of nitrogens with zero attached hydrogens (tertiary/aromatic N) is 1. The first-order chi connectivity index (χ1) is 7.35. The van der Waals surface area contributed by atoms with Gasteiger partial charge in [0.2, 0.25) is 0 Å². The molecule has 2 atom stereocenters. The third kappa shape index (κ3) is 3.39. The number of amides is 1. The van der Waals surface area contributed by atoms with E-state index in [0.29, 0.717) is 12.1 Å². The van der Waals surface area contributed by atoms with Crippen LogP contribution in [0.5, 0.6) is 0 Å². The van der Waals surface area contributed by atoms with Crippen molar-refractivity contribution in [3.63, 3.8) is 0 Å². The van der Waals surface area contributed by atoms with Crippen LogP contribution in [0, 0.1) is 0 Å². The molecular formula is C13H25NO2. The first-order valence-corrected chi connectivity index (χ1v) is 6.36. The lowest BCUT2D eigenvalue weighted by molar-refractivity contribution is 0.0153. The Morgan fingerprint density at radius 3 is 2.50 bits per heavy atom. The highest BCUT2D eigenvalue weighted by Gasteiger charge is 2.36. The summed E-state index contributed by atoms with van der Waals surface area (Å²) in [6.45, 7) is 10.0. The van der Waals surface area contributed by atoms with Crippen LogP contribution in [0.1, 0.15) is 60.3 Å². The second-order valence-electron chi connectivity index (χ2n) is 5.76. The van der Waals surface area contributed by atoms with E-state index < -0.39 is 5.60 Å². The molecule has 0 aliphatic carbocycles. The summed E-state index contributed by atoms with van der Waals surface area (Å²) in [5.41, 5.74) is -0.393. The van der Waals surface area contributed by atoms with Crippen LogP contribution in [0.2, 0.25) is 0 Å². The summed E-state index contributed by atoms with van der Waals surface area (Å²) in [5, 5.41) is 0. The van der Waals surface area contributed by atoms with Gasteiger partial charge in [0, 0.05) is 12.1 Å². The van der Waals surface area contributed by atoms with Crippen molar-refractivity contribution in [1.82, 2.24) is 4.90 Å². The highest BCUT2D eigenvalue weighted by atomic mass is 16.6. The third-order valence-corrected chi connectivity index (χ3v) is 3.01. The minimum Gasteiger partial charge on any atom is -0.444 e. The lowest BCUT2D eigenvalue weighted by Crippen LogP contribution is -2.43. The van der Waals surface area contributed by atoms with E-state index in [9.17, 15) is 4.79 Å². The topological polar surface area (TPSA) is 29.5 Å². The van der Waals surface area contributed by atoms with Crippen molar-refractivity contribution in [2.75, 3.05) is 0 Å².